The molecule has 0 saturated carbocycles. The molecule has 6 heteroatoms. The highest BCUT2D eigenvalue weighted by molar-refractivity contribution is 9.10. The van der Waals surface area contributed by atoms with Crippen LogP contribution in [0.2, 0.25) is 0 Å². The predicted octanol–water partition coefficient (Wildman–Crippen LogP) is 0.547. The van der Waals surface area contributed by atoms with Crippen molar-refractivity contribution in [2.24, 2.45) is 5.73 Å². The van der Waals surface area contributed by atoms with Crippen LogP contribution < -0.4 is 5.73 Å². The molecular formula is C7H8BrN5. The van der Waals surface area contributed by atoms with Gasteiger partial charge in [0.15, 0.2) is 0 Å². The van der Waals surface area contributed by atoms with E-state index >= 15 is 0 Å². The molecule has 0 aliphatic rings. The van der Waals surface area contributed by atoms with Gasteiger partial charge < -0.3 is 5.73 Å². The van der Waals surface area contributed by atoms with Gasteiger partial charge >= 0.3 is 0 Å². The second kappa shape index (κ2) is 3.39. The summed E-state index contributed by atoms with van der Waals surface area (Å²) in [4.78, 5) is 3.99. The number of rotatable bonds is 2. The molecule has 2 aromatic heterocycles. The number of hydrogen-bond acceptors (Lipinski definition) is 4. The lowest BCUT2D eigenvalue weighted by molar-refractivity contribution is 0.615. The second-order valence-corrected chi connectivity index (χ2v) is 3.44. The number of aromatic nitrogens is 4. The van der Waals surface area contributed by atoms with Gasteiger partial charge in [0.2, 0.25) is 0 Å². The molecule has 0 radical (unpaired) electrons. The lowest BCUT2D eigenvalue weighted by Crippen LogP contribution is -2.11. The highest BCUT2D eigenvalue weighted by Gasteiger charge is 2.06. The smallest absolute Gasteiger partial charge is 0.132 e. The van der Waals surface area contributed by atoms with Crippen molar-refractivity contribution >= 4 is 27.0 Å². The molecule has 0 aliphatic heterocycles. The Bertz CT molecular complexity index is 424. The maximum Gasteiger partial charge on any atom is 0.132 e. The summed E-state index contributed by atoms with van der Waals surface area (Å²) in [5.41, 5.74) is 7.17. The van der Waals surface area contributed by atoms with Crippen molar-refractivity contribution in [1.29, 1.82) is 0 Å². The summed E-state index contributed by atoms with van der Waals surface area (Å²) in [6.45, 7) is 1.21. The van der Waals surface area contributed by atoms with E-state index in [4.69, 9.17) is 5.73 Å². The molecule has 68 valence electrons. The van der Waals surface area contributed by atoms with Crippen LogP contribution in [0.4, 0.5) is 0 Å². The normalized spacial score (nSPS) is 10.9. The zero-order chi connectivity index (χ0) is 9.26. The molecule has 0 saturated heterocycles. The van der Waals surface area contributed by atoms with Crippen LogP contribution in [0, 0.1) is 0 Å². The number of nitrogens with zero attached hydrogens (tertiary/aromatic N) is 4. The Balaban J connectivity index is 2.64. The van der Waals surface area contributed by atoms with Gasteiger partial charge in [0, 0.05) is 12.7 Å². The van der Waals surface area contributed by atoms with E-state index in [2.05, 4.69) is 31.2 Å². The molecule has 2 N–H and O–H groups in total. The fourth-order valence-corrected chi connectivity index (χ4v) is 1.70. The third-order valence-electron chi connectivity index (χ3n) is 1.71. The Morgan fingerprint density at radius 3 is 3.08 bits per heavy atom. The Morgan fingerprint density at radius 2 is 2.31 bits per heavy atom. The zero-order valence-electron chi connectivity index (χ0n) is 6.81. The van der Waals surface area contributed by atoms with E-state index in [0.29, 0.717) is 13.1 Å². The van der Waals surface area contributed by atoms with Crippen LogP contribution in [-0.2, 0) is 6.54 Å². The highest BCUT2D eigenvalue weighted by atomic mass is 79.9. The highest BCUT2D eigenvalue weighted by Crippen LogP contribution is 2.19. The van der Waals surface area contributed by atoms with Crippen LogP contribution in [0.5, 0.6) is 0 Å². The van der Waals surface area contributed by atoms with E-state index in [0.717, 1.165) is 15.5 Å². The van der Waals surface area contributed by atoms with Crippen LogP contribution in [-0.4, -0.2) is 26.5 Å². The van der Waals surface area contributed by atoms with Gasteiger partial charge in [0.05, 0.1) is 17.2 Å². The summed E-state index contributed by atoms with van der Waals surface area (Å²) in [6.07, 6.45) is 3.40. The van der Waals surface area contributed by atoms with Gasteiger partial charge in [-0.25, -0.2) is 4.68 Å². The molecule has 13 heavy (non-hydrogen) atoms. The van der Waals surface area contributed by atoms with Crippen molar-refractivity contribution in [3.63, 3.8) is 0 Å². The number of fused-ring (bicyclic) bond motifs is 1. The Labute approximate surface area is 83.1 Å². The average molecular weight is 242 g/mol. The molecule has 2 aromatic rings. The molecule has 2 rings (SSSR count). The lowest BCUT2D eigenvalue weighted by Gasteiger charge is -1.99. The maximum atomic E-state index is 5.44. The van der Waals surface area contributed by atoms with Crippen LogP contribution in [0.3, 0.4) is 0 Å². The van der Waals surface area contributed by atoms with Crippen molar-refractivity contribution in [3.05, 3.63) is 16.9 Å². The Kier molecular flexibility index (Phi) is 2.24. The SMILES string of the molecule is NCCn1nnc2cncc(Br)c21. The first-order valence-electron chi connectivity index (χ1n) is 3.85. The molecule has 0 bridgehead atoms. The molecule has 0 unspecified atom stereocenters. The van der Waals surface area contributed by atoms with Crippen molar-refractivity contribution in [1.82, 2.24) is 20.0 Å². The van der Waals surface area contributed by atoms with E-state index in [1.54, 1.807) is 17.1 Å². The Morgan fingerprint density at radius 1 is 1.46 bits per heavy atom. The summed E-state index contributed by atoms with van der Waals surface area (Å²) in [7, 11) is 0. The van der Waals surface area contributed by atoms with Crippen LogP contribution in [0.1, 0.15) is 0 Å². The molecule has 0 amide bonds. The van der Waals surface area contributed by atoms with Crippen LogP contribution in [0.25, 0.3) is 11.0 Å². The van der Waals surface area contributed by atoms with Crippen LogP contribution >= 0.6 is 15.9 Å². The van der Waals surface area contributed by atoms with Crippen molar-refractivity contribution in [2.75, 3.05) is 6.54 Å². The van der Waals surface area contributed by atoms with E-state index in [1.807, 2.05) is 0 Å². The first-order valence-corrected chi connectivity index (χ1v) is 4.65. The first-order chi connectivity index (χ1) is 6.33. The lowest BCUT2D eigenvalue weighted by atomic mass is 10.4. The van der Waals surface area contributed by atoms with Gasteiger partial charge in [0.25, 0.3) is 0 Å². The van der Waals surface area contributed by atoms with Gasteiger partial charge in [-0.1, -0.05) is 5.21 Å². The fraction of sp³-hybridized carbons (Fsp3) is 0.286. The minimum absolute atomic E-state index is 0.549. The summed E-state index contributed by atoms with van der Waals surface area (Å²) < 4.78 is 2.66. The molecule has 2 heterocycles. The minimum Gasteiger partial charge on any atom is -0.329 e. The monoisotopic (exact) mass is 241 g/mol. The molecule has 0 aliphatic carbocycles. The minimum atomic E-state index is 0.549. The van der Waals surface area contributed by atoms with E-state index in [-0.39, 0.29) is 0 Å². The predicted molar refractivity (Wildman–Crippen MR) is 52.1 cm³/mol. The molecule has 5 nitrogen and oxygen atoms in total. The maximum absolute atomic E-state index is 5.44. The second-order valence-electron chi connectivity index (χ2n) is 2.59. The fourth-order valence-electron chi connectivity index (χ4n) is 1.17. The topological polar surface area (TPSA) is 69.6 Å². The first kappa shape index (κ1) is 8.58. The number of nitrogens with two attached hydrogens (primary N) is 1. The van der Waals surface area contributed by atoms with Gasteiger partial charge in [-0.3, -0.25) is 4.98 Å². The molecular weight excluding hydrogens is 234 g/mol. The summed E-state index contributed by atoms with van der Waals surface area (Å²) in [5, 5.41) is 7.93. The van der Waals surface area contributed by atoms with Crippen LogP contribution in [0.15, 0.2) is 16.9 Å². The zero-order valence-corrected chi connectivity index (χ0v) is 8.40. The van der Waals surface area contributed by atoms with Crippen molar-refractivity contribution in [2.45, 2.75) is 6.54 Å². The summed E-state index contributed by atoms with van der Waals surface area (Å²) in [5.74, 6) is 0. The van der Waals surface area contributed by atoms with Gasteiger partial charge in [0.1, 0.15) is 11.0 Å². The number of pyridine rings is 1. The molecule has 0 aromatic carbocycles. The largest absolute Gasteiger partial charge is 0.329 e. The van der Waals surface area contributed by atoms with Gasteiger partial charge in [-0.05, 0) is 15.9 Å². The van der Waals surface area contributed by atoms with E-state index in [9.17, 15) is 0 Å². The van der Waals surface area contributed by atoms with Gasteiger partial charge in [-0.2, -0.15) is 0 Å². The number of halogens is 1. The molecule has 0 spiro atoms. The van der Waals surface area contributed by atoms with Crippen molar-refractivity contribution in [3.8, 4) is 0 Å². The molecule has 0 fully saturated rings. The summed E-state index contributed by atoms with van der Waals surface area (Å²) in [6, 6.07) is 0. The van der Waals surface area contributed by atoms with E-state index < -0.39 is 0 Å². The quantitative estimate of drug-likeness (QED) is 0.834. The standard InChI is InChI=1S/C7H8BrN5/c8-5-3-10-4-6-7(5)13(2-1-9)12-11-6/h3-4H,1-2,9H2. The average Bonchev–Trinajstić information content (AvgIpc) is 2.51. The molecule has 0 atom stereocenters. The Hall–Kier alpha value is -1.01. The van der Waals surface area contributed by atoms with E-state index in [1.165, 1.54) is 0 Å². The number of hydrogen-bond donors (Lipinski definition) is 1. The third kappa shape index (κ3) is 1.42. The van der Waals surface area contributed by atoms with Gasteiger partial charge in [-0.15, -0.1) is 5.10 Å². The third-order valence-corrected chi connectivity index (χ3v) is 2.29. The summed E-state index contributed by atoms with van der Waals surface area (Å²) >= 11 is 3.39. The van der Waals surface area contributed by atoms with Crippen molar-refractivity contribution < 1.29 is 0 Å².